The third-order valence-corrected chi connectivity index (χ3v) is 8.67. The Labute approximate surface area is 234 Å². The third kappa shape index (κ3) is 5.84. The van der Waals surface area contributed by atoms with Gasteiger partial charge in [-0.25, -0.2) is 13.8 Å². The van der Waals surface area contributed by atoms with Crippen LogP contribution in [0.25, 0.3) is 11.1 Å². The summed E-state index contributed by atoms with van der Waals surface area (Å²) < 4.78 is 46.8. The number of hydrogen-bond acceptors (Lipinski definition) is 5. The molecule has 2 atom stereocenters. The lowest BCUT2D eigenvalue weighted by Gasteiger charge is -2.30. The van der Waals surface area contributed by atoms with Gasteiger partial charge >= 0.3 is 5.97 Å². The van der Waals surface area contributed by atoms with Gasteiger partial charge in [0.15, 0.2) is 11.6 Å². The number of aromatic nitrogens is 1. The van der Waals surface area contributed by atoms with Crippen molar-refractivity contribution in [3.8, 4) is 22.8 Å². The van der Waals surface area contributed by atoms with Gasteiger partial charge in [-0.05, 0) is 71.3 Å². The standard InChI is InChI=1S/C33H37F2NO4/c1-33(2)14-6-8-27(33)25-15-20(10-13-22(25)26-16-30(38-3)36-18-28(26)34)19-40-29-9-5-7-23(32(29)35)24(21-11-12-21)17-31(37)39-4/h5,7,9-10,13,15-16,18,21,24,27H,6,8,11-12,14,17,19H2,1-4H3/t24-,27+/m1/s1. The quantitative estimate of drug-likeness (QED) is 0.240. The van der Waals surface area contributed by atoms with Crippen LogP contribution in [0.3, 0.4) is 0 Å². The molecule has 40 heavy (non-hydrogen) atoms. The summed E-state index contributed by atoms with van der Waals surface area (Å²) in [5.41, 5.74) is 3.74. The molecule has 2 aliphatic rings. The maximum atomic E-state index is 15.7. The average molecular weight is 550 g/mol. The first kappa shape index (κ1) is 28.1. The summed E-state index contributed by atoms with van der Waals surface area (Å²) in [6.45, 7) is 4.67. The Bertz CT molecular complexity index is 1380. The van der Waals surface area contributed by atoms with Gasteiger partial charge in [-0.15, -0.1) is 0 Å². The van der Waals surface area contributed by atoms with E-state index in [-0.39, 0.29) is 47.9 Å². The van der Waals surface area contributed by atoms with Gasteiger partial charge in [0, 0.05) is 17.5 Å². The first-order valence-electron chi connectivity index (χ1n) is 14.0. The Morgan fingerprint density at radius 2 is 1.88 bits per heavy atom. The smallest absolute Gasteiger partial charge is 0.306 e. The minimum absolute atomic E-state index is 0.0553. The van der Waals surface area contributed by atoms with Crippen LogP contribution in [0.1, 0.15) is 80.9 Å². The highest BCUT2D eigenvalue weighted by molar-refractivity contribution is 5.71. The molecular weight excluding hydrogens is 512 g/mol. The number of halogens is 2. The molecule has 0 spiro atoms. The zero-order valence-electron chi connectivity index (χ0n) is 23.6. The number of ether oxygens (including phenoxy) is 3. The van der Waals surface area contributed by atoms with Gasteiger partial charge in [0.1, 0.15) is 12.4 Å². The summed E-state index contributed by atoms with van der Waals surface area (Å²) in [5, 5.41) is 0. The fourth-order valence-electron chi connectivity index (χ4n) is 6.26. The van der Waals surface area contributed by atoms with Crippen LogP contribution in [-0.4, -0.2) is 25.2 Å². The topological polar surface area (TPSA) is 57.7 Å². The largest absolute Gasteiger partial charge is 0.486 e. The summed E-state index contributed by atoms with van der Waals surface area (Å²) in [6.07, 6.45) is 6.50. The lowest BCUT2D eigenvalue weighted by molar-refractivity contribution is -0.141. The molecule has 2 aliphatic carbocycles. The summed E-state index contributed by atoms with van der Waals surface area (Å²) in [4.78, 5) is 16.0. The van der Waals surface area contributed by atoms with Crippen molar-refractivity contribution in [3.05, 3.63) is 77.0 Å². The predicted molar refractivity (Wildman–Crippen MR) is 149 cm³/mol. The van der Waals surface area contributed by atoms with Crippen LogP contribution in [0.2, 0.25) is 0 Å². The van der Waals surface area contributed by atoms with Gasteiger partial charge in [0.05, 0.1) is 26.8 Å². The molecular formula is C33H37F2NO4. The molecule has 1 heterocycles. The number of carbonyl (C=O) groups excluding carboxylic acids is 1. The normalized spacial score (nSPS) is 18.8. The number of pyridine rings is 1. The number of rotatable bonds is 10. The fraction of sp³-hybridized carbons (Fsp3) is 0.455. The zero-order chi connectivity index (χ0) is 28.4. The molecule has 0 amide bonds. The molecule has 0 N–H and O–H groups in total. The second kappa shape index (κ2) is 11.6. The number of nitrogens with zero attached hydrogens (tertiary/aromatic N) is 1. The van der Waals surface area contributed by atoms with Gasteiger partial charge in [-0.3, -0.25) is 4.79 Å². The molecule has 0 aliphatic heterocycles. The lowest BCUT2D eigenvalue weighted by Crippen LogP contribution is -2.17. The molecule has 0 unspecified atom stereocenters. The first-order chi connectivity index (χ1) is 19.2. The molecule has 212 valence electrons. The zero-order valence-corrected chi connectivity index (χ0v) is 23.6. The van der Waals surface area contributed by atoms with Gasteiger partial charge in [0.25, 0.3) is 0 Å². The molecule has 7 heteroatoms. The third-order valence-electron chi connectivity index (χ3n) is 8.67. The summed E-state index contributed by atoms with van der Waals surface area (Å²) in [7, 11) is 2.87. The van der Waals surface area contributed by atoms with E-state index in [0.29, 0.717) is 17.0 Å². The van der Waals surface area contributed by atoms with Crippen LogP contribution in [0, 0.1) is 23.0 Å². The van der Waals surface area contributed by atoms with Crippen molar-refractivity contribution in [1.82, 2.24) is 4.98 Å². The van der Waals surface area contributed by atoms with Crippen LogP contribution in [-0.2, 0) is 16.1 Å². The van der Waals surface area contributed by atoms with Crippen LogP contribution < -0.4 is 9.47 Å². The maximum absolute atomic E-state index is 15.7. The van der Waals surface area contributed by atoms with Crippen LogP contribution in [0.5, 0.6) is 11.6 Å². The SMILES string of the molecule is COC(=O)C[C@@H](c1cccc(OCc2ccc(-c3cc(OC)ncc3F)c([C@@H]3CCCC3(C)C)c2)c1F)C1CC1. The highest BCUT2D eigenvalue weighted by Crippen LogP contribution is 2.51. The van der Waals surface area contributed by atoms with Crippen molar-refractivity contribution in [3.63, 3.8) is 0 Å². The van der Waals surface area contributed by atoms with Crippen LogP contribution in [0.4, 0.5) is 8.78 Å². The first-order valence-corrected chi connectivity index (χ1v) is 14.0. The van der Waals surface area contributed by atoms with E-state index in [1.165, 1.54) is 20.4 Å². The number of esters is 1. The van der Waals surface area contributed by atoms with Crippen molar-refractivity contribution >= 4 is 5.97 Å². The Hall–Kier alpha value is -3.48. The van der Waals surface area contributed by atoms with Crippen LogP contribution >= 0.6 is 0 Å². The van der Waals surface area contributed by atoms with E-state index in [9.17, 15) is 4.79 Å². The summed E-state index contributed by atoms with van der Waals surface area (Å²) in [5.74, 6) is -0.370. The Morgan fingerprint density at radius 1 is 1.07 bits per heavy atom. The molecule has 1 aromatic heterocycles. The lowest BCUT2D eigenvalue weighted by atomic mass is 9.75. The fourth-order valence-corrected chi connectivity index (χ4v) is 6.26. The van der Waals surface area contributed by atoms with Gasteiger partial charge < -0.3 is 14.2 Å². The second-order valence-corrected chi connectivity index (χ2v) is 11.7. The van der Waals surface area contributed by atoms with Crippen molar-refractivity contribution in [2.24, 2.45) is 11.3 Å². The number of methoxy groups -OCH3 is 2. The van der Waals surface area contributed by atoms with Gasteiger partial charge in [-0.1, -0.05) is 50.6 Å². The van der Waals surface area contributed by atoms with Crippen molar-refractivity contribution in [2.45, 2.75) is 70.8 Å². The van der Waals surface area contributed by atoms with E-state index >= 15 is 8.78 Å². The van der Waals surface area contributed by atoms with E-state index in [2.05, 4.69) is 24.9 Å². The molecule has 3 aromatic rings. The van der Waals surface area contributed by atoms with Crippen LogP contribution in [0.15, 0.2) is 48.7 Å². The molecule has 0 bridgehead atoms. The summed E-state index contributed by atoms with van der Waals surface area (Å²) >= 11 is 0. The minimum atomic E-state index is -0.428. The molecule has 2 saturated carbocycles. The number of benzene rings is 2. The molecule has 2 aromatic carbocycles. The Balaban J connectivity index is 1.45. The highest BCUT2D eigenvalue weighted by Gasteiger charge is 2.38. The van der Waals surface area contributed by atoms with E-state index < -0.39 is 11.6 Å². The molecule has 0 saturated heterocycles. The van der Waals surface area contributed by atoms with Gasteiger partial charge in [-0.2, -0.15) is 0 Å². The molecule has 2 fully saturated rings. The van der Waals surface area contributed by atoms with E-state index in [1.807, 2.05) is 12.1 Å². The van der Waals surface area contributed by atoms with Crippen molar-refractivity contribution < 1.29 is 27.8 Å². The van der Waals surface area contributed by atoms with E-state index in [0.717, 1.165) is 48.8 Å². The monoisotopic (exact) mass is 549 g/mol. The predicted octanol–water partition coefficient (Wildman–Crippen LogP) is 7.96. The minimum Gasteiger partial charge on any atom is -0.486 e. The number of carbonyl (C=O) groups is 1. The summed E-state index contributed by atoms with van der Waals surface area (Å²) in [6, 6.07) is 12.7. The Kier molecular flexibility index (Phi) is 8.11. The molecule has 5 nitrogen and oxygen atoms in total. The van der Waals surface area contributed by atoms with Gasteiger partial charge in [0.2, 0.25) is 5.88 Å². The van der Waals surface area contributed by atoms with Crippen molar-refractivity contribution in [1.29, 1.82) is 0 Å². The van der Waals surface area contributed by atoms with E-state index in [1.54, 1.807) is 24.3 Å². The second-order valence-electron chi connectivity index (χ2n) is 11.7. The Morgan fingerprint density at radius 3 is 2.55 bits per heavy atom. The number of hydrogen-bond donors (Lipinski definition) is 0. The van der Waals surface area contributed by atoms with E-state index in [4.69, 9.17) is 14.2 Å². The average Bonchev–Trinajstić information content (AvgIpc) is 3.73. The maximum Gasteiger partial charge on any atom is 0.306 e. The molecule has 5 rings (SSSR count). The highest BCUT2D eigenvalue weighted by atomic mass is 19.1. The molecule has 0 radical (unpaired) electrons. The van der Waals surface area contributed by atoms with Crippen molar-refractivity contribution in [2.75, 3.05) is 14.2 Å².